The largest absolute Gasteiger partial charge is 0.264 e. The summed E-state index contributed by atoms with van der Waals surface area (Å²) in [5, 5.41) is 3.36. The van der Waals surface area contributed by atoms with Gasteiger partial charge >= 0.3 is 0 Å². The molecule has 0 aliphatic carbocycles. The van der Waals surface area contributed by atoms with Gasteiger partial charge in [0, 0.05) is 61.9 Å². The van der Waals surface area contributed by atoms with E-state index in [1.54, 1.807) is 0 Å². The lowest BCUT2D eigenvalue weighted by Gasteiger charge is -2.16. The summed E-state index contributed by atoms with van der Waals surface area (Å²) in [6, 6.07) is 56.0. The Morgan fingerprint density at radius 2 is 0.820 bits per heavy atom. The van der Waals surface area contributed by atoms with E-state index < -0.39 is 0 Å². The van der Waals surface area contributed by atoms with E-state index in [2.05, 4.69) is 96.0 Å². The number of pyridine rings is 2. The summed E-state index contributed by atoms with van der Waals surface area (Å²) in [4.78, 5) is 24.6. The number of nitrogens with zero attached hydrogens (tertiary/aromatic N) is 5. The van der Waals surface area contributed by atoms with Crippen LogP contribution in [0.1, 0.15) is 0 Å². The summed E-state index contributed by atoms with van der Waals surface area (Å²) in [6.45, 7) is 0. The van der Waals surface area contributed by atoms with Crippen LogP contribution in [-0.4, -0.2) is 24.9 Å². The minimum absolute atomic E-state index is 0.624. The molecule has 5 nitrogen and oxygen atoms in total. The Balaban J connectivity index is 1.21. The van der Waals surface area contributed by atoms with Gasteiger partial charge in [0.25, 0.3) is 0 Å². The summed E-state index contributed by atoms with van der Waals surface area (Å²) in [7, 11) is 0. The fourth-order valence-corrected chi connectivity index (χ4v) is 6.63. The van der Waals surface area contributed by atoms with E-state index in [-0.39, 0.29) is 0 Å². The van der Waals surface area contributed by atoms with Crippen molar-refractivity contribution in [3.05, 3.63) is 176 Å². The highest BCUT2D eigenvalue weighted by Gasteiger charge is 2.18. The van der Waals surface area contributed by atoms with Crippen molar-refractivity contribution in [3.8, 4) is 67.7 Å². The zero-order chi connectivity index (χ0) is 33.3. The molecule has 0 saturated carbocycles. The van der Waals surface area contributed by atoms with Crippen LogP contribution in [0.5, 0.6) is 0 Å². The quantitative estimate of drug-likeness (QED) is 0.169. The van der Waals surface area contributed by atoms with Gasteiger partial charge in [-0.2, -0.15) is 0 Å². The molecular weight excluding hydrogens is 611 g/mol. The molecule has 0 saturated heterocycles. The van der Waals surface area contributed by atoms with Gasteiger partial charge in [-0.1, -0.05) is 158 Å². The van der Waals surface area contributed by atoms with Crippen molar-refractivity contribution < 1.29 is 0 Å². The predicted molar refractivity (Wildman–Crippen MR) is 203 cm³/mol. The molecule has 234 valence electrons. The second-order valence-corrected chi connectivity index (χ2v) is 12.1. The smallest absolute Gasteiger partial charge is 0.164 e. The molecule has 0 N–H and O–H groups in total. The zero-order valence-corrected chi connectivity index (χ0v) is 27.0. The van der Waals surface area contributed by atoms with Crippen molar-refractivity contribution in [3.63, 3.8) is 0 Å². The summed E-state index contributed by atoms with van der Waals surface area (Å²) in [5.74, 6) is 1.90. The fraction of sp³-hybridized carbons (Fsp3) is 0. The van der Waals surface area contributed by atoms with E-state index >= 15 is 0 Å². The van der Waals surface area contributed by atoms with Crippen molar-refractivity contribution >= 4 is 21.7 Å². The maximum atomic E-state index is 5.41. The summed E-state index contributed by atoms with van der Waals surface area (Å²) >= 11 is 0. The van der Waals surface area contributed by atoms with E-state index in [1.165, 1.54) is 0 Å². The van der Waals surface area contributed by atoms with Crippen molar-refractivity contribution in [2.45, 2.75) is 0 Å². The van der Waals surface area contributed by atoms with Gasteiger partial charge in [0.05, 0.1) is 11.2 Å². The van der Waals surface area contributed by atoms with Crippen LogP contribution in [0.2, 0.25) is 0 Å². The summed E-state index contributed by atoms with van der Waals surface area (Å²) in [6.07, 6.45) is 3.74. The molecule has 0 fully saturated rings. The molecule has 0 bridgehead atoms. The first-order valence-corrected chi connectivity index (χ1v) is 16.6. The second kappa shape index (κ2) is 12.6. The number of hydrogen-bond donors (Lipinski definition) is 0. The minimum Gasteiger partial charge on any atom is -0.264 e. The monoisotopic (exact) mass is 639 g/mol. The van der Waals surface area contributed by atoms with Crippen LogP contribution in [0.4, 0.5) is 0 Å². The van der Waals surface area contributed by atoms with E-state index in [4.69, 9.17) is 19.9 Å². The molecule has 3 aromatic heterocycles. The SMILES string of the molecule is c1ccc(-c2nc(-c3ccccc3)nc(-c3ccc(-c4cccc5c4nc(-c4ccccc4)c4cccc(-c6cccnc6)c45)cc3)n2)cc1. The molecule has 9 aromatic rings. The van der Waals surface area contributed by atoms with Gasteiger partial charge in [-0.05, 0) is 17.2 Å². The van der Waals surface area contributed by atoms with Crippen LogP contribution >= 0.6 is 0 Å². The Morgan fingerprint density at radius 3 is 1.40 bits per heavy atom. The van der Waals surface area contributed by atoms with Gasteiger partial charge in [-0.25, -0.2) is 19.9 Å². The number of aromatic nitrogens is 5. The first kappa shape index (κ1) is 29.3. The van der Waals surface area contributed by atoms with Crippen LogP contribution in [-0.2, 0) is 0 Å². The lowest BCUT2D eigenvalue weighted by molar-refractivity contribution is 1.07. The van der Waals surface area contributed by atoms with Gasteiger partial charge in [0.15, 0.2) is 17.5 Å². The number of fused-ring (bicyclic) bond motifs is 3. The lowest BCUT2D eigenvalue weighted by Crippen LogP contribution is -2.00. The van der Waals surface area contributed by atoms with E-state index in [9.17, 15) is 0 Å². The highest BCUT2D eigenvalue weighted by Crippen LogP contribution is 2.41. The Hall–Kier alpha value is -6.85. The standard InChI is InChI=1S/C45H29N5/c1-4-13-31(14-5-1)41-38-22-10-20-36(35-19-12-28-46-29-35)40(38)39-23-11-21-37(42(39)47-41)30-24-26-34(27-25-30)45-49-43(32-15-6-2-7-16-32)48-44(50-45)33-17-8-3-9-18-33/h1-29H. The van der Waals surface area contributed by atoms with Crippen LogP contribution in [0.3, 0.4) is 0 Å². The first-order valence-electron chi connectivity index (χ1n) is 16.6. The molecule has 5 heteroatoms. The van der Waals surface area contributed by atoms with Crippen molar-refractivity contribution in [2.75, 3.05) is 0 Å². The normalized spacial score (nSPS) is 11.2. The van der Waals surface area contributed by atoms with Crippen LogP contribution in [0.15, 0.2) is 176 Å². The Morgan fingerprint density at radius 1 is 0.320 bits per heavy atom. The molecule has 0 amide bonds. The predicted octanol–water partition coefficient (Wildman–Crippen LogP) is 11.0. The maximum Gasteiger partial charge on any atom is 0.164 e. The molecule has 0 unspecified atom stereocenters. The van der Waals surface area contributed by atoms with Crippen LogP contribution in [0, 0.1) is 0 Å². The molecule has 0 spiro atoms. The second-order valence-electron chi connectivity index (χ2n) is 12.1. The average molecular weight is 640 g/mol. The minimum atomic E-state index is 0.624. The highest BCUT2D eigenvalue weighted by molar-refractivity contribution is 6.19. The van der Waals surface area contributed by atoms with Gasteiger partial charge in [0.2, 0.25) is 0 Å². The number of benzene rings is 6. The van der Waals surface area contributed by atoms with Crippen molar-refractivity contribution in [2.24, 2.45) is 0 Å². The molecule has 0 atom stereocenters. The third-order valence-corrected chi connectivity index (χ3v) is 9.02. The summed E-state index contributed by atoms with van der Waals surface area (Å²) in [5.41, 5.74) is 10.1. The third kappa shape index (κ3) is 5.37. The Labute approximate surface area is 289 Å². The fourth-order valence-electron chi connectivity index (χ4n) is 6.63. The topological polar surface area (TPSA) is 64.5 Å². The van der Waals surface area contributed by atoms with E-state index in [0.717, 1.165) is 71.9 Å². The van der Waals surface area contributed by atoms with Crippen LogP contribution < -0.4 is 0 Å². The number of rotatable bonds is 6. The lowest BCUT2D eigenvalue weighted by atomic mass is 9.91. The molecule has 6 aromatic carbocycles. The third-order valence-electron chi connectivity index (χ3n) is 9.02. The molecule has 0 aliphatic heterocycles. The molecule has 9 rings (SSSR count). The van der Waals surface area contributed by atoms with Gasteiger partial charge in [-0.15, -0.1) is 0 Å². The van der Waals surface area contributed by atoms with Crippen molar-refractivity contribution in [1.82, 2.24) is 24.9 Å². The first-order chi connectivity index (χ1) is 24.8. The van der Waals surface area contributed by atoms with E-state index in [1.807, 2.05) is 85.2 Å². The number of para-hydroxylation sites is 1. The van der Waals surface area contributed by atoms with Gasteiger partial charge in [0.1, 0.15) is 0 Å². The van der Waals surface area contributed by atoms with Crippen LogP contribution in [0.25, 0.3) is 89.4 Å². The zero-order valence-electron chi connectivity index (χ0n) is 27.0. The van der Waals surface area contributed by atoms with Crippen molar-refractivity contribution in [1.29, 1.82) is 0 Å². The molecular formula is C45H29N5. The molecule has 3 heterocycles. The Bertz CT molecular complexity index is 2550. The van der Waals surface area contributed by atoms with Gasteiger partial charge < -0.3 is 0 Å². The molecule has 0 radical (unpaired) electrons. The maximum absolute atomic E-state index is 5.41. The highest BCUT2D eigenvalue weighted by atomic mass is 15.0. The molecule has 0 aliphatic rings. The number of hydrogen-bond acceptors (Lipinski definition) is 5. The van der Waals surface area contributed by atoms with E-state index in [0.29, 0.717) is 17.5 Å². The van der Waals surface area contributed by atoms with Gasteiger partial charge in [-0.3, -0.25) is 4.98 Å². The molecule has 50 heavy (non-hydrogen) atoms. The Kier molecular flexibility index (Phi) is 7.41. The average Bonchev–Trinajstić information content (AvgIpc) is 3.21. The summed E-state index contributed by atoms with van der Waals surface area (Å²) < 4.78 is 0.